The Hall–Kier alpha value is -2.07. The Bertz CT molecular complexity index is 866. The summed E-state index contributed by atoms with van der Waals surface area (Å²) in [4.78, 5) is 11.7. The van der Waals surface area contributed by atoms with Gasteiger partial charge < -0.3 is 9.15 Å². The Balaban J connectivity index is 1.85. The Kier molecular flexibility index (Phi) is 4.82. The van der Waals surface area contributed by atoms with E-state index in [1.165, 1.54) is 0 Å². The molecule has 3 rings (SSSR count). The van der Waals surface area contributed by atoms with Crippen molar-refractivity contribution in [1.82, 2.24) is 0 Å². The molecule has 23 heavy (non-hydrogen) atoms. The Morgan fingerprint density at radius 2 is 1.87 bits per heavy atom. The van der Waals surface area contributed by atoms with E-state index in [4.69, 9.17) is 9.15 Å². The van der Waals surface area contributed by atoms with Gasteiger partial charge in [0, 0.05) is 22.0 Å². The predicted molar refractivity (Wildman–Crippen MR) is 95.0 cm³/mol. The van der Waals surface area contributed by atoms with E-state index in [1.807, 2.05) is 36.4 Å². The first kappa shape index (κ1) is 15.8. The molecule has 1 heterocycles. The number of halogens is 1. The average Bonchev–Trinajstić information content (AvgIpc) is 2.54. The smallest absolute Gasteiger partial charge is 0.336 e. The summed E-state index contributed by atoms with van der Waals surface area (Å²) in [5.41, 5.74) is 2.37. The molecule has 0 spiro atoms. The van der Waals surface area contributed by atoms with Crippen LogP contribution in [0.15, 0.2) is 62.2 Å². The van der Waals surface area contributed by atoms with E-state index in [1.54, 1.807) is 12.1 Å². The minimum absolute atomic E-state index is 0.314. The molecule has 0 aliphatic heterocycles. The number of aryl methyl sites for hydroxylation is 1. The first-order valence-corrected chi connectivity index (χ1v) is 8.39. The Morgan fingerprint density at radius 1 is 1.09 bits per heavy atom. The number of ether oxygens (including phenoxy) is 1. The molecule has 3 aromatic rings. The molecule has 118 valence electrons. The first-order valence-electron chi connectivity index (χ1n) is 7.60. The normalized spacial score (nSPS) is 10.9. The lowest BCUT2D eigenvalue weighted by atomic mass is 10.1. The van der Waals surface area contributed by atoms with E-state index in [2.05, 4.69) is 22.9 Å². The molecule has 4 heteroatoms. The fraction of sp³-hybridized carbons (Fsp3) is 0.211. The number of fused-ring (bicyclic) bond motifs is 1. The molecule has 0 fully saturated rings. The molecule has 0 bridgehead atoms. The van der Waals surface area contributed by atoms with Crippen molar-refractivity contribution < 1.29 is 9.15 Å². The van der Waals surface area contributed by atoms with Crippen LogP contribution in [0.5, 0.6) is 5.75 Å². The van der Waals surface area contributed by atoms with Gasteiger partial charge in [-0.15, -0.1) is 0 Å². The molecule has 0 aliphatic rings. The second-order valence-electron chi connectivity index (χ2n) is 5.41. The minimum Gasteiger partial charge on any atom is -0.489 e. The summed E-state index contributed by atoms with van der Waals surface area (Å²) in [7, 11) is 0. The van der Waals surface area contributed by atoms with Crippen LogP contribution in [0.2, 0.25) is 0 Å². The van der Waals surface area contributed by atoms with Crippen molar-refractivity contribution >= 4 is 26.9 Å². The van der Waals surface area contributed by atoms with Gasteiger partial charge in [-0.3, -0.25) is 0 Å². The Morgan fingerprint density at radius 3 is 2.61 bits per heavy atom. The third-order valence-electron chi connectivity index (χ3n) is 3.64. The molecule has 2 aromatic carbocycles. The summed E-state index contributed by atoms with van der Waals surface area (Å²) >= 11 is 3.41. The number of hydrogen-bond donors (Lipinski definition) is 0. The largest absolute Gasteiger partial charge is 0.489 e. The lowest BCUT2D eigenvalue weighted by molar-refractivity contribution is 0.306. The minimum atomic E-state index is -0.314. The molecule has 0 radical (unpaired) electrons. The molecule has 1 aromatic heterocycles. The molecule has 0 aliphatic carbocycles. The van der Waals surface area contributed by atoms with E-state index >= 15 is 0 Å². The maximum absolute atomic E-state index is 11.7. The van der Waals surface area contributed by atoms with Gasteiger partial charge in [-0.25, -0.2) is 4.79 Å². The van der Waals surface area contributed by atoms with Crippen molar-refractivity contribution in [2.75, 3.05) is 0 Å². The molecule has 0 N–H and O–H groups in total. The number of rotatable bonds is 5. The van der Waals surface area contributed by atoms with Crippen LogP contribution in [-0.2, 0) is 13.0 Å². The zero-order valence-corrected chi connectivity index (χ0v) is 14.4. The highest BCUT2D eigenvalue weighted by atomic mass is 79.9. The van der Waals surface area contributed by atoms with Crippen molar-refractivity contribution in [3.8, 4) is 5.75 Å². The molecule has 0 unspecified atom stereocenters. The van der Waals surface area contributed by atoms with Crippen LogP contribution >= 0.6 is 15.9 Å². The molecule has 0 saturated carbocycles. The molecule has 0 atom stereocenters. The fourth-order valence-corrected chi connectivity index (χ4v) is 2.79. The fourth-order valence-electron chi connectivity index (χ4n) is 2.52. The van der Waals surface area contributed by atoms with Gasteiger partial charge >= 0.3 is 5.63 Å². The van der Waals surface area contributed by atoms with Crippen molar-refractivity contribution in [3.63, 3.8) is 0 Å². The van der Waals surface area contributed by atoms with Crippen molar-refractivity contribution in [3.05, 3.63) is 74.6 Å². The van der Waals surface area contributed by atoms with Crippen LogP contribution in [0.4, 0.5) is 0 Å². The number of benzene rings is 2. The third-order valence-corrected chi connectivity index (χ3v) is 4.17. The van der Waals surface area contributed by atoms with Crippen LogP contribution in [0.3, 0.4) is 0 Å². The summed E-state index contributed by atoms with van der Waals surface area (Å²) in [5.74, 6) is 0.692. The maximum Gasteiger partial charge on any atom is 0.336 e. The van der Waals surface area contributed by atoms with E-state index in [-0.39, 0.29) is 5.63 Å². The lowest BCUT2D eigenvalue weighted by Crippen LogP contribution is -2.01. The standard InChI is InChI=1S/C19H17BrO3/c1-2-3-14-10-19(21)23-18-11-16(8-9-17(14)18)22-12-13-4-6-15(20)7-5-13/h4-11H,2-3,12H2,1H3. The highest BCUT2D eigenvalue weighted by Gasteiger charge is 2.07. The second-order valence-corrected chi connectivity index (χ2v) is 6.33. The van der Waals surface area contributed by atoms with Crippen molar-refractivity contribution in [2.45, 2.75) is 26.4 Å². The van der Waals surface area contributed by atoms with Crippen molar-refractivity contribution in [1.29, 1.82) is 0 Å². The summed E-state index contributed by atoms with van der Waals surface area (Å²) in [6.07, 6.45) is 1.85. The van der Waals surface area contributed by atoms with E-state index in [0.29, 0.717) is 17.9 Å². The molecule has 0 amide bonds. The van der Waals surface area contributed by atoms with Gasteiger partial charge in [-0.05, 0) is 41.8 Å². The molecular formula is C19H17BrO3. The summed E-state index contributed by atoms with van der Waals surface area (Å²) in [6.45, 7) is 2.56. The van der Waals surface area contributed by atoms with Gasteiger partial charge in [0.1, 0.15) is 17.9 Å². The third kappa shape index (κ3) is 3.82. The highest BCUT2D eigenvalue weighted by Crippen LogP contribution is 2.24. The van der Waals surface area contributed by atoms with Crippen LogP contribution in [-0.4, -0.2) is 0 Å². The number of hydrogen-bond acceptors (Lipinski definition) is 3. The van der Waals surface area contributed by atoms with Gasteiger partial charge in [-0.1, -0.05) is 41.4 Å². The average molecular weight is 373 g/mol. The predicted octanol–water partition coefficient (Wildman–Crippen LogP) is 5.09. The SMILES string of the molecule is CCCc1cc(=O)oc2cc(OCc3ccc(Br)cc3)ccc12. The second kappa shape index (κ2) is 7.01. The summed E-state index contributed by atoms with van der Waals surface area (Å²) in [5, 5.41) is 0.974. The van der Waals surface area contributed by atoms with Crippen LogP contribution < -0.4 is 10.4 Å². The lowest BCUT2D eigenvalue weighted by Gasteiger charge is -2.09. The highest BCUT2D eigenvalue weighted by molar-refractivity contribution is 9.10. The summed E-state index contributed by atoms with van der Waals surface area (Å²) in [6, 6.07) is 15.2. The van der Waals surface area contributed by atoms with Crippen LogP contribution in [0.25, 0.3) is 11.0 Å². The van der Waals surface area contributed by atoms with Gasteiger partial charge in [0.25, 0.3) is 0 Å². The van der Waals surface area contributed by atoms with Crippen LogP contribution in [0.1, 0.15) is 24.5 Å². The van der Waals surface area contributed by atoms with Gasteiger partial charge in [0.05, 0.1) is 0 Å². The first-order chi connectivity index (χ1) is 11.2. The molecule has 3 nitrogen and oxygen atoms in total. The zero-order valence-electron chi connectivity index (χ0n) is 12.8. The Labute approximate surface area is 143 Å². The quantitative estimate of drug-likeness (QED) is 0.585. The monoisotopic (exact) mass is 372 g/mol. The van der Waals surface area contributed by atoms with Gasteiger partial charge in [-0.2, -0.15) is 0 Å². The van der Waals surface area contributed by atoms with Gasteiger partial charge in [0.15, 0.2) is 0 Å². The molecule has 0 saturated heterocycles. The van der Waals surface area contributed by atoms with E-state index in [0.717, 1.165) is 33.8 Å². The van der Waals surface area contributed by atoms with Crippen molar-refractivity contribution in [2.24, 2.45) is 0 Å². The zero-order chi connectivity index (χ0) is 16.2. The van der Waals surface area contributed by atoms with E-state index < -0.39 is 0 Å². The van der Waals surface area contributed by atoms with Crippen LogP contribution in [0, 0.1) is 0 Å². The summed E-state index contributed by atoms with van der Waals surface area (Å²) < 4.78 is 12.2. The topological polar surface area (TPSA) is 39.4 Å². The van der Waals surface area contributed by atoms with Gasteiger partial charge in [0.2, 0.25) is 0 Å². The van der Waals surface area contributed by atoms with E-state index in [9.17, 15) is 4.79 Å². The maximum atomic E-state index is 11.7. The molecular weight excluding hydrogens is 356 g/mol.